The van der Waals surface area contributed by atoms with E-state index in [2.05, 4.69) is 10.0 Å². The van der Waals surface area contributed by atoms with E-state index in [0.717, 1.165) is 0 Å². The maximum absolute atomic E-state index is 7.49. The second kappa shape index (κ2) is 8.85. The number of hydrogen-bond donors (Lipinski definition) is 0. The van der Waals surface area contributed by atoms with Crippen LogP contribution in [0.2, 0.25) is 0 Å². The van der Waals surface area contributed by atoms with Crippen LogP contribution in [-0.2, 0) is 21.1 Å². The molecule has 0 saturated carbocycles. The standard InChI is InChI=1S/C2H4N3.W/c1-2-4-5-3;/h2H,1H3;/q-1;. The molecule has 0 saturated heterocycles. The van der Waals surface area contributed by atoms with Crippen molar-refractivity contribution in [3.05, 3.63) is 17.0 Å². The minimum Gasteiger partial charge on any atom is -0.319 e. The fraction of sp³-hybridized carbons (Fsp3) is 0.500. The molecule has 3 nitrogen and oxygen atoms in total. The molecular formula is C2H4N3W-. The van der Waals surface area contributed by atoms with Gasteiger partial charge in [-0.25, -0.2) is 0 Å². The van der Waals surface area contributed by atoms with Gasteiger partial charge in [0, 0.05) is 21.1 Å². The first-order chi connectivity index (χ1) is 2.41. The summed E-state index contributed by atoms with van der Waals surface area (Å²) in [7, 11) is 0. The number of rotatable bonds is 1. The van der Waals surface area contributed by atoms with E-state index in [9.17, 15) is 0 Å². The Morgan fingerprint density at radius 3 is 2.33 bits per heavy atom. The molecule has 0 aliphatic rings. The Morgan fingerprint density at radius 1 is 1.83 bits per heavy atom. The average Bonchev–Trinajstić information content (AvgIpc) is 1.41. The third kappa shape index (κ3) is 9.12. The molecule has 0 unspecified atom stereocenters. The van der Waals surface area contributed by atoms with Gasteiger partial charge < -0.3 is 6.54 Å². The van der Waals surface area contributed by atoms with Crippen LogP contribution < -0.4 is 0 Å². The summed E-state index contributed by atoms with van der Waals surface area (Å²) >= 11 is 0. The Hall–Kier alpha value is -0.132. The van der Waals surface area contributed by atoms with E-state index in [4.69, 9.17) is 5.53 Å². The van der Waals surface area contributed by atoms with Crippen molar-refractivity contribution >= 4 is 0 Å². The van der Waals surface area contributed by atoms with Crippen molar-refractivity contribution in [1.29, 1.82) is 0 Å². The quantitative estimate of drug-likeness (QED) is 0.294. The van der Waals surface area contributed by atoms with Gasteiger partial charge in [-0.2, -0.15) is 6.92 Å². The fourth-order valence-corrected chi connectivity index (χ4v) is 0.0516. The summed E-state index contributed by atoms with van der Waals surface area (Å²) in [4.78, 5) is 2.42. The Balaban J connectivity index is 0. The first kappa shape index (κ1) is 9.29. The molecule has 6 heavy (non-hydrogen) atoms. The van der Waals surface area contributed by atoms with Crippen LogP contribution in [0.3, 0.4) is 0 Å². The summed E-state index contributed by atoms with van der Waals surface area (Å²) in [5.74, 6) is 0. The molecule has 4 heteroatoms. The van der Waals surface area contributed by atoms with Crippen LogP contribution in [0.4, 0.5) is 0 Å². The average molecular weight is 254 g/mol. The van der Waals surface area contributed by atoms with E-state index in [1.54, 1.807) is 6.92 Å². The largest absolute Gasteiger partial charge is 0.319 e. The molecular weight excluding hydrogens is 250 g/mol. The Bertz CT molecular complexity index is 55.8. The first-order valence-corrected chi connectivity index (χ1v) is 1.24. The summed E-state index contributed by atoms with van der Waals surface area (Å²) in [5.41, 5.74) is 7.49. The molecule has 0 N–H and O–H groups in total. The van der Waals surface area contributed by atoms with E-state index in [-0.39, 0.29) is 21.1 Å². The van der Waals surface area contributed by atoms with Crippen LogP contribution in [-0.4, -0.2) is 0 Å². The van der Waals surface area contributed by atoms with E-state index in [1.165, 1.54) is 6.54 Å². The van der Waals surface area contributed by atoms with Gasteiger partial charge >= 0.3 is 0 Å². The molecule has 0 spiro atoms. The van der Waals surface area contributed by atoms with Gasteiger partial charge in [0.25, 0.3) is 0 Å². The maximum Gasteiger partial charge on any atom is 0 e. The van der Waals surface area contributed by atoms with Crippen molar-refractivity contribution in [3.63, 3.8) is 0 Å². The summed E-state index contributed by atoms with van der Waals surface area (Å²) < 4.78 is 0. The molecule has 0 aliphatic carbocycles. The predicted octanol–water partition coefficient (Wildman–Crippen LogP) is 1.48. The van der Waals surface area contributed by atoms with Gasteiger partial charge in [-0.1, -0.05) is 0 Å². The van der Waals surface area contributed by atoms with Crippen molar-refractivity contribution in [2.75, 3.05) is 0 Å². The molecule has 34 valence electrons. The third-order valence-corrected chi connectivity index (χ3v) is 0.167. The van der Waals surface area contributed by atoms with Crippen LogP contribution >= 0.6 is 0 Å². The zero-order valence-electron chi connectivity index (χ0n) is 3.33. The second-order valence-corrected chi connectivity index (χ2v) is 0.463. The smallest absolute Gasteiger partial charge is 0 e. The molecule has 0 aromatic carbocycles. The van der Waals surface area contributed by atoms with Gasteiger partial charge in [-0.15, -0.1) is 0 Å². The molecule has 0 aliphatic heterocycles. The molecule has 0 aromatic heterocycles. The topological polar surface area (TPSA) is 48.8 Å². The zero-order valence-corrected chi connectivity index (χ0v) is 6.26. The van der Waals surface area contributed by atoms with Crippen molar-refractivity contribution in [1.82, 2.24) is 0 Å². The van der Waals surface area contributed by atoms with Gasteiger partial charge in [0.2, 0.25) is 0 Å². The number of azide groups is 1. The van der Waals surface area contributed by atoms with Crippen LogP contribution in [0.1, 0.15) is 6.92 Å². The van der Waals surface area contributed by atoms with E-state index in [0.29, 0.717) is 0 Å². The van der Waals surface area contributed by atoms with E-state index >= 15 is 0 Å². The first-order valence-electron chi connectivity index (χ1n) is 1.24. The van der Waals surface area contributed by atoms with Gasteiger partial charge in [0.05, 0.1) is 0 Å². The summed E-state index contributed by atoms with van der Waals surface area (Å²) in [6.45, 7) is 3.06. The van der Waals surface area contributed by atoms with Crippen molar-refractivity contribution in [2.45, 2.75) is 6.92 Å². The second-order valence-electron chi connectivity index (χ2n) is 0.463. The van der Waals surface area contributed by atoms with Crippen molar-refractivity contribution in [3.8, 4) is 0 Å². The minimum atomic E-state index is 0. The third-order valence-electron chi connectivity index (χ3n) is 0.167. The Labute approximate surface area is 50.6 Å². The molecule has 0 atom stereocenters. The molecule has 0 rings (SSSR count). The maximum atomic E-state index is 7.49. The van der Waals surface area contributed by atoms with Crippen LogP contribution in [0.25, 0.3) is 10.4 Å². The van der Waals surface area contributed by atoms with E-state index in [1.807, 2.05) is 0 Å². The molecule has 0 bridgehead atoms. The number of nitrogens with zero attached hydrogens (tertiary/aromatic N) is 3. The molecule has 0 radical (unpaired) electrons. The van der Waals surface area contributed by atoms with Crippen molar-refractivity contribution < 1.29 is 21.1 Å². The molecule has 0 heterocycles. The minimum absolute atomic E-state index is 0. The fourth-order valence-electron chi connectivity index (χ4n) is 0.0516. The van der Waals surface area contributed by atoms with Crippen molar-refractivity contribution in [2.24, 2.45) is 5.11 Å². The predicted molar refractivity (Wildman–Crippen MR) is 19.1 cm³/mol. The Morgan fingerprint density at radius 2 is 2.33 bits per heavy atom. The normalized spacial score (nSPS) is 4.17. The molecule has 0 amide bonds. The van der Waals surface area contributed by atoms with Gasteiger partial charge in [-0.3, -0.25) is 5.11 Å². The van der Waals surface area contributed by atoms with E-state index < -0.39 is 0 Å². The van der Waals surface area contributed by atoms with Gasteiger partial charge in [-0.05, 0) is 10.4 Å². The van der Waals surface area contributed by atoms with Gasteiger partial charge in [0.15, 0.2) is 0 Å². The monoisotopic (exact) mass is 254 g/mol. The number of hydrogen-bond acceptors (Lipinski definition) is 1. The zero-order chi connectivity index (χ0) is 4.12. The summed E-state index contributed by atoms with van der Waals surface area (Å²) in [6, 6.07) is 0. The Kier molecular flexibility index (Phi) is 13.7. The molecule has 0 aromatic rings. The summed E-state index contributed by atoms with van der Waals surface area (Å²) in [6.07, 6.45) is 0. The van der Waals surface area contributed by atoms with Gasteiger partial charge in [0.1, 0.15) is 0 Å². The SMILES string of the molecule is C[CH-]N=[N+]=[N-].[W]. The van der Waals surface area contributed by atoms with Crippen LogP contribution in [0.5, 0.6) is 0 Å². The van der Waals surface area contributed by atoms with Crippen LogP contribution in [0.15, 0.2) is 5.11 Å². The van der Waals surface area contributed by atoms with Crippen LogP contribution in [0, 0.1) is 6.54 Å². The summed E-state index contributed by atoms with van der Waals surface area (Å²) in [5, 5.41) is 3.03. The molecule has 0 fully saturated rings.